The molecule has 1 aromatic heterocycles. The number of urea groups is 1. The molecule has 0 spiro atoms. The molecule has 0 unspecified atom stereocenters. The van der Waals surface area contributed by atoms with Crippen LogP contribution in [0.5, 0.6) is 11.5 Å². The van der Waals surface area contributed by atoms with Gasteiger partial charge in [0.2, 0.25) is 5.91 Å². The normalized spacial score (nSPS) is 10.7. The van der Waals surface area contributed by atoms with Gasteiger partial charge < -0.3 is 33.7 Å². The molecule has 39 heavy (non-hydrogen) atoms. The van der Waals surface area contributed by atoms with Gasteiger partial charge in [0.25, 0.3) is 0 Å². The molecule has 0 fully saturated rings. The minimum Gasteiger partial charge on any atom is -0.493 e. The van der Waals surface area contributed by atoms with Crippen LogP contribution in [-0.2, 0) is 22.5 Å². The van der Waals surface area contributed by atoms with Crippen LogP contribution in [0.15, 0.2) is 59.2 Å². The second-order valence-corrected chi connectivity index (χ2v) is 9.28. The van der Waals surface area contributed by atoms with Crippen LogP contribution in [0.3, 0.4) is 0 Å². The minimum atomic E-state index is -0.328. The Bertz CT molecular complexity index is 1210. The number of hydrogen-bond acceptors (Lipinski definition) is 6. The molecule has 3 aromatic rings. The molecule has 0 saturated carbocycles. The zero-order chi connectivity index (χ0) is 28.2. The number of benzene rings is 2. The summed E-state index contributed by atoms with van der Waals surface area (Å²) < 4.78 is 21.5. The summed E-state index contributed by atoms with van der Waals surface area (Å²) in [6.45, 7) is 5.47. The number of carbonyl (C=O) groups is 2. The lowest BCUT2D eigenvalue weighted by Crippen LogP contribution is -2.45. The highest BCUT2D eigenvalue weighted by molar-refractivity contribution is 5.93. The molecule has 3 rings (SSSR count). The molecule has 0 aliphatic heterocycles. The molecular formula is C30H39N3O6. The van der Waals surface area contributed by atoms with Crippen molar-refractivity contribution in [2.75, 3.05) is 52.9 Å². The third-order valence-electron chi connectivity index (χ3n) is 6.63. The van der Waals surface area contributed by atoms with Gasteiger partial charge in [0.05, 0.1) is 27.0 Å². The number of furan rings is 1. The van der Waals surface area contributed by atoms with Gasteiger partial charge in [-0.1, -0.05) is 18.2 Å². The standard InChI is InChI=1S/C30H39N3O6/c1-22-9-6-11-26(23(22)2)31-30(35)33(15-8-17-36-3)21-29(34)32(20-25-10-7-18-39-25)16-14-24-12-13-27(37-4)28(19-24)38-5/h6-7,9-13,18-19H,8,14-17,20-21H2,1-5H3,(H,31,35). The summed E-state index contributed by atoms with van der Waals surface area (Å²) in [5, 5.41) is 2.98. The molecular weight excluding hydrogens is 498 g/mol. The van der Waals surface area contributed by atoms with Crippen molar-refractivity contribution in [2.24, 2.45) is 0 Å². The predicted octanol–water partition coefficient (Wildman–Crippen LogP) is 5.06. The SMILES string of the molecule is COCCCN(CC(=O)N(CCc1ccc(OC)c(OC)c1)Cc1ccco1)C(=O)Nc1cccc(C)c1C. The third kappa shape index (κ3) is 8.51. The van der Waals surface area contributed by atoms with E-state index in [1.807, 2.05) is 56.3 Å². The van der Waals surface area contributed by atoms with Crippen LogP contribution in [0.1, 0.15) is 28.9 Å². The fourth-order valence-corrected chi connectivity index (χ4v) is 4.18. The first-order valence-corrected chi connectivity index (χ1v) is 13.0. The molecule has 9 heteroatoms. The molecule has 2 aromatic carbocycles. The number of ether oxygens (including phenoxy) is 3. The molecule has 210 valence electrons. The van der Waals surface area contributed by atoms with Gasteiger partial charge >= 0.3 is 6.03 Å². The van der Waals surface area contributed by atoms with Gasteiger partial charge in [-0.15, -0.1) is 0 Å². The Morgan fingerprint density at radius 1 is 0.923 bits per heavy atom. The molecule has 1 heterocycles. The van der Waals surface area contributed by atoms with Gasteiger partial charge in [0, 0.05) is 32.5 Å². The molecule has 3 amide bonds. The van der Waals surface area contributed by atoms with E-state index in [2.05, 4.69) is 5.32 Å². The topological polar surface area (TPSA) is 93.5 Å². The molecule has 0 bridgehead atoms. The second kappa shape index (κ2) is 14.8. The van der Waals surface area contributed by atoms with E-state index in [0.717, 1.165) is 22.4 Å². The first-order valence-electron chi connectivity index (χ1n) is 13.0. The van der Waals surface area contributed by atoms with Crippen molar-refractivity contribution in [3.05, 3.63) is 77.2 Å². The van der Waals surface area contributed by atoms with Gasteiger partial charge in [0.15, 0.2) is 11.5 Å². The number of anilines is 1. The van der Waals surface area contributed by atoms with Crippen LogP contribution in [0, 0.1) is 13.8 Å². The Hall–Kier alpha value is -3.98. The summed E-state index contributed by atoms with van der Waals surface area (Å²) >= 11 is 0. The molecule has 0 atom stereocenters. The fourth-order valence-electron chi connectivity index (χ4n) is 4.18. The lowest BCUT2D eigenvalue weighted by atomic mass is 10.1. The summed E-state index contributed by atoms with van der Waals surface area (Å²) in [5.41, 5.74) is 3.79. The highest BCUT2D eigenvalue weighted by Gasteiger charge is 2.23. The highest BCUT2D eigenvalue weighted by Crippen LogP contribution is 2.28. The first kappa shape index (κ1) is 29.6. The highest BCUT2D eigenvalue weighted by atomic mass is 16.5. The van der Waals surface area contributed by atoms with Crippen LogP contribution in [0.25, 0.3) is 0 Å². The zero-order valence-corrected chi connectivity index (χ0v) is 23.5. The summed E-state index contributed by atoms with van der Waals surface area (Å²) in [6, 6.07) is 14.8. The van der Waals surface area contributed by atoms with E-state index in [1.165, 1.54) is 4.90 Å². The van der Waals surface area contributed by atoms with Gasteiger partial charge in [-0.25, -0.2) is 4.79 Å². The average molecular weight is 538 g/mol. The number of rotatable bonds is 14. The van der Waals surface area contributed by atoms with Crippen molar-refractivity contribution < 1.29 is 28.2 Å². The molecule has 0 aliphatic rings. The minimum absolute atomic E-state index is 0.0763. The maximum absolute atomic E-state index is 13.6. The van der Waals surface area contributed by atoms with Gasteiger partial charge in [-0.2, -0.15) is 0 Å². The fraction of sp³-hybridized carbons (Fsp3) is 0.400. The maximum atomic E-state index is 13.6. The van der Waals surface area contributed by atoms with E-state index in [-0.39, 0.29) is 18.5 Å². The third-order valence-corrected chi connectivity index (χ3v) is 6.63. The van der Waals surface area contributed by atoms with Crippen molar-refractivity contribution in [3.63, 3.8) is 0 Å². The number of carbonyl (C=O) groups excluding carboxylic acids is 2. The number of hydrogen-bond donors (Lipinski definition) is 1. The summed E-state index contributed by atoms with van der Waals surface area (Å²) in [6.07, 6.45) is 2.78. The number of nitrogens with zero attached hydrogens (tertiary/aromatic N) is 2. The maximum Gasteiger partial charge on any atom is 0.322 e. The van der Waals surface area contributed by atoms with Crippen molar-refractivity contribution >= 4 is 17.6 Å². The van der Waals surface area contributed by atoms with Crippen molar-refractivity contribution in [3.8, 4) is 11.5 Å². The van der Waals surface area contributed by atoms with Crippen molar-refractivity contribution in [2.45, 2.75) is 33.2 Å². The first-order chi connectivity index (χ1) is 18.9. The van der Waals surface area contributed by atoms with E-state index >= 15 is 0 Å². The van der Waals surface area contributed by atoms with E-state index < -0.39 is 0 Å². The van der Waals surface area contributed by atoms with Crippen molar-refractivity contribution in [1.82, 2.24) is 9.80 Å². The Balaban J connectivity index is 1.76. The Kier molecular flexibility index (Phi) is 11.2. The molecule has 1 N–H and O–H groups in total. The summed E-state index contributed by atoms with van der Waals surface area (Å²) in [5.74, 6) is 1.76. The van der Waals surface area contributed by atoms with E-state index in [0.29, 0.717) is 56.3 Å². The van der Waals surface area contributed by atoms with Gasteiger partial charge in [0.1, 0.15) is 12.3 Å². The van der Waals surface area contributed by atoms with Crippen LogP contribution in [-0.4, -0.2) is 69.3 Å². The van der Waals surface area contributed by atoms with E-state index in [1.54, 1.807) is 38.6 Å². The van der Waals surface area contributed by atoms with Crippen LogP contribution >= 0.6 is 0 Å². The quantitative estimate of drug-likeness (QED) is 0.289. The van der Waals surface area contributed by atoms with Crippen LogP contribution in [0.2, 0.25) is 0 Å². The zero-order valence-electron chi connectivity index (χ0n) is 23.5. The van der Waals surface area contributed by atoms with E-state index in [9.17, 15) is 9.59 Å². The molecule has 9 nitrogen and oxygen atoms in total. The summed E-state index contributed by atoms with van der Waals surface area (Å²) in [7, 11) is 4.80. The molecule has 0 saturated heterocycles. The summed E-state index contributed by atoms with van der Waals surface area (Å²) in [4.78, 5) is 30.2. The monoisotopic (exact) mass is 537 g/mol. The lowest BCUT2D eigenvalue weighted by Gasteiger charge is -2.28. The lowest BCUT2D eigenvalue weighted by molar-refractivity contribution is -0.132. The Morgan fingerprint density at radius 2 is 1.72 bits per heavy atom. The predicted molar refractivity (Wildman–Crippen MR) is 150 cm³/mol. The molecule has 0 radical (unpaired) electrons. The second-order valence-electron chi connectivity index (χ2n) is 9.28. The smallest absolute Gasteiger partial charge is 0.322 e. The van der Waals surface area contributed by atoms with Crippen LogP contribution < -0.4 is 14.8 Å². The number of methoxy groups -OCH3 is 3. The van der Waals surface area contributed by atoms with Gasteiger partial charge in [-0.3, -0.25) is 4.79 Å². The largest absolute Gasteiger partial charge is 0.493 e. The van der Waals surface area contributed by atoms with Crippen LogP contribution in [0.4, 0.5) is 10.5 Å². The molecule has 0 aliphatic carbocycles. The number of aryl methyl sites for hydroxylation is 1. The van der Waals surface area contributed by atoms with Crippen molar-refractivity contribution in [1.29, 1.82) is 0 Å². The number of amides is 3. The Morgan fingerprint density at radius 3 is 2.41 bits per heavy atom. The number of nitrogens with one attached hydrogen (secondary N) is 1. The van der Waals surface area contributed by atoms with Gasteiger partial charge in [-0.05, 0) is 73.7 Å². The average Bonchev–Trinajstić information content (AvgIpc) is 3.46. The van der Waals surface area contributed by atoms with E-state index in [4.69, 9.17) is 18.6 Å². The Labute approximate surface area is 230 Å².